The Morgan fingerprint density at radius 2 is 2.04 bits per heavy atom. The molecule has 0 aliphatic carbocycles. The second kappa shape index (κ2) is 7.58. The van der Waals surface area contributed by atoms with Gasteiger partial charge in [0.25, 0.3) is 5.91 Å². The molecule has 2 aromatic carbocycles. The second-order valence-corrected chi connectivity index (χ2v) is 5.96. The van der Waals surface area contributed by atoms with Crippen molar-refractivity contribution in [2.45, 2.75) is 13.5 Å². The summed E-state index contributed by atoms with van der Waals surface area (Å²) in [7, 11) is 1.56. The molecular weight excluding hydrogens is 359 g/mol. The Balaban J connectivity index is 1.90. The third kappa shape index (κ3) is 3.41. The number of aromatic nitrogens is 1. The zero-order chi connectivity index (χ0) is 18.7. The van der Waals surface area contributed by atoms with Crippen molar-refractivity contribution in [1.82, 2.24) is 10.5 Å². The number of nitrogens with one attached hydrogen (secondary N) is 1. The molecule has 5 nitrogen and oxygen atoms in total. The number of ether oxygens (including phenoxy) is 1. The predicted molar refractivity (Wildman–Crippen MR) is 95.8 cm³/mol. The number of benzene rings is 2. The summed E-state index contributed by atoms with van der Waals surface area (Å²) in [5, 5.41) is 6.76. The normalized spacial score (nSPS) is 10.6. The fraction of sp³-hybridized carbons (Fsp3) is 0.158. The standard InChI is InChI=1S/C19H16ClFN2O3/c1-11-16(18(23-26-11)17-13(20)7-5-8-14(17)21)19(24)22-10-12-6-3-4-9-15(12)25-2/h3-9H,10H2,1-2H3,(H,22,24). The molecule has 7 heteroatoms. The van der Waals surface area contributed by atoms with E-state index in [0.717, 1.165) is 5.56 Å². The number of aryl methyl sites for hydroxylation is 1. The summed E-state index contributed by atoms with van der Waals surface area (Å²) in [6.45, 7) is 1.82. The van der Waals surface area contributed by atoms with Crippen LogP contribution in [0.25, 0.3) is 11.3 Å². The molecule has 1 heterocycles. The van der Waals surface area contributed by atoms with Crippen molar-refractivity contribution in [3.8, 4) is 17.0 Å². The van der Waals surface area contributed by atoms with Gasteiger partial charge < -0.3 is 14.6 Å². The maximum Gasteiger partial charge on any atom is 0.257 e. The van der Waals surface area contributed by atoms with Crippen LogP contribution < -0.4 is 10.1 Å². The number of rotatable bonds is 5. The van der Waals surface area contributed by atoms with Crippen molar-refractivity contribution in [3.63, 3.8) is 0 Å². The topological polar surface area (TPSA) is 64.4 Å². The zero-order valence-electron chi connectivity index (χ0n) is 14.2. The van der Waals surface area contributed by atoms with Gasteiger partial charge >= 0.3 is 0 Å². The van der Waals surface area contributed by atoms with Gasteiger partial charge in [-0.2, -0.15) is 0 Å². The van der Waals surface area contributed by atoms with E-state index in [1.165, 1.54) is 18.2 Å². The average Bonchev–Trinajstić information content (AvgIpc) is 3.01. The molecule has 0 aliphatic rings. The molecule has 3 aromatic rings. The summed E-state index contributed by atoms with van der Waals surface area (Å²) < 4.78 is 24.6. The van der Waals surface area contributed by atoms with Crippen LogP contribution in [-0.2, 0) is 6.54 Å². The first kappa shape index (κ1) is 17.9. The molecule has 0 atom stereocenters. The Labute approximate surface area is 154 Å². The maximum absolute atomic E-state index is 14.2. The van der Waals surface area contributed by atoms with E-state index in [2.05, 4.69) is 10.5 Å². The van der Waals surface area contributed by atoms with Gasteiger partial charge in [-0.1, -0.05) is 41.0 Å². The Kier molecular flexibility index (Phi) is 5.23. The van der Waals surface area contributed by atoms with Crippen molar-refractivity contribution < 1.29 is 18.4 Å². The van der Waals surface area contributed by atoms with Crippen LogP contribution in [0.4, 0.5) is 4.39 Å². The van der Waals surface area contributed by atoms with Gasteiger partial charge in [0, 0.05) is 12.1 Å². The minimum atomic E-state index is -0.579. The molecule has 1 aromatic heterocycles. The van der Waals surface area contributed by atoms with Gasteiger partial charge in [-0.25, -0.2) is 4.39 Å². The number of nitrogens with zero attached hydrogens (tertiary/aromatic N) is 1. The Morgan fingerprint density at radius 3 is 2.77 bits per heavy atom. The predicted octanol–water partition coefficient (Wildman–Crippen LogP) is 4.38. The average molecular weight is 375 g/mol. The van der Waals surface area contributed by atoms with Crippen molar-refractivity contribution in [3.05, 3.63) is 70.2 Å². The van der Waals surface area contributed by atoms with E-state index in [0.29, 0.717) is 5.75 Å². The third-order valence-corrected chi connectivity index (χ3v) is 4.24. The highest BCUT2D eigenvalue weighted by molar-refractivity contribution is 6.33. The lowest BCUT2D eigenvalue weighted by molar-refractivity contribution is 0.0949. The van der Waals surface area contributed by atoms with E-state index in [1.54, 1.807) is 20.1 Å². The van der Waals surface area contributed by atoms with Crippen LogP contribution in [0.2, 0.25) is 5.02 Å². The fourth-order valence-electron chi connectivity index (χ4n) is 2.65. The van der Waals surface area contributed by atoms with E-state index in [9.17, 15) is 9.18 Å². The highest BCUT2D eigenvalue weighted by Gasteiger charge is 2.25. The number of para-hydroxylation sites is 1. The van der Waals surface area contributed by atoms with Crippen molar-refractivity contribution >= 4 is 17.5 Å². The Hall–Kier alpha value is -2.86. The first-order valence-electron chi connectivity index (χ1n) is 7.83. The molecule has 134 valence electrons. The van der Waals surface area contributed by atoms with Gasteiger partial charge in [0.05, 0.1) is 17.7 Å². The van der Waals surface area contributed by atoms with Crippen LogP contribution in [0.3, 0.4) is 0 Å². The van der Waals surface area contributed by atoms with E-state index in [4.69, 9.17) is 20.9 Å². The third-order valence-electron chi connectivity index (χ3n) is 3.92. The monoisotopic (exact) mass is 374 g/mol. The number of amides is 1. The van der Waals surface area contributed by atoms with Crippen molar-refractivity contribution in [2.24, 2.45) is 0 Å². The highest BCUT2D eigenvalue weighted by Crippen LogP contribution is 2.33. The zero-order valence-corrected chi connectivity index (χ0v) is 14.9. The molecule has 3 rings (SSSR count). The van der Waals surface area contributed by atoms with Gasteiger partial charge in [-0.05, 0) is 25.1 Å². The molecule has 0 bridgehead atoms. The Morgan fingerprint density at radius 1 is 1.27 bits per heavy atom. The first-order valence-corrected chi connectivity index (χ1v) is 8.21. The van der Waals surface area contributed by atoms with Gasteiger partial charge in [-0.3, -0.25) is 4.79 Å². The number of hydrogen-bond donors (Lipinski definition) is 1. The molecule has 0 saturated carbocycles. The molecule has 1 amide bonds. The number of methoxy groups -OCH3 is 1. The van der Waals surface area contributed by atoms with E-state index >= 15 is 0 Å². The summed E-state index contributed by atoms with van der Waals surface area (Å²) in [5.41, 5.74) is 1.06. The van der Waals surface area contributed by atoms with Gasteiger partial charge in [0.15, 0.2) is 0 Å². The first-order chi connectivity index (χ1) is 12.5. The molecule has 0 fully saturated rings. The number of halogens is 2. The van der Waals surface area contributed by atoms with Crippen LogP contribution in [0, 0.1) is 12.7 Å². The van der Waals surface area contributed by atoms with Crippen LogP contribution in [0.15, 0.2) is 47.0 Å². The van der Waals surface area contributed by atoms with Crippen LogP contribution in [0.1, 0.15) is 21.7 Å². The fourth-order valence-corrected chi connectivity index (χ4v) is 2.90. The Bertz CT molecular complexity index is 935. The van der Waals surface area contributed by atoms with Crippen LogP contribution in [0.5, 0.6) is 5.75 Å². The summed E-state index contributed by atoms with van der Waals surface area (Å²) in [5.74, 6) is -0.0855. The molecule has 0 unspecified atom stereocenters. The quantitative estimate of drug-likeness (QED) is 0.719. The minimum Gasteiger partial charge on any atom is -0.496 e. The second-order valence-electron chi connectivity index (χ2n) is 5.55. The lowest BCUT2D eigenvalue weighted by Crippen LogP contribution is -2.24. The number of hydrogen-bond acceptors (Lipinski definition) is 4. The van der Waals surface area contributed by atoms with Gasteiger partial charge in [-0.15, -0.1) is 0 Å². The largest absolute Gasteiger partial charge is 0.496 e. The SMILES string of the molecule is COc1ccccc1CNC(=O)c1c(-c2c(F)cccc2Cl)noc1C. The van der Waals surface area contributed by atoms with Gasteiger partial charge in [0.1, 0.15) is 28.6 Å². The van der Waals surface area contributed by atoms with Gasteiger partial charge in [0.2, 0.25) is 0 Å². The van der Waals surface area contributed by atoms with Crippen molar-refractivity contribution in [1.29, 1.82) is 0 Å². The maximum atomic E-state index is 14.2. The van der Waals surface area contributed by atoms with E-state index in [-0.39, 0.29) is 34.1 Å². The summed E-state index contributed by atoms with van der Waals surface area (Å²) in [6, 6.07) is 11.6. The van der Waals surface area contributed by atoms with E-state index < -0.39 is 11.7 Å². The van der Waals surface area contributed by atoms with Crippen LogP contribution >= 0.6 is 11.6 Å². The van der Waals surface area contributed by atoms with E-state index in [1.807, 2.05) is 18.2 Å². The molecule has 0 spiro atoms. The minimum absolute atomic E-state index is 0.0356. The lowest BCUT2D eigenvalue weighted by atomic mass is 10.0. The number of carbonyl (C=O) groups is 1. The molecular formula is C19H16ClFN2O3. The lowest BCUT2D eigenvalue weighted by Gasteiger charge is -2.10. The highest BCUT2D eigenvalue weighted by atomic mass is 35.5. The smallest absolute Gasteiger partial charge is 0.257 e. The summed E-state index contributed by atoms with van der Waals surface area (Å²) >= 11 is 6.09. The van der Waals surface area contributed by atoms with Crippen molar-refractivity contribution in [2.75, 3.05) is 7.11 Å². The summed E-state index contributed by atoms with van der Waals surface area (Å²) in [6.07, 6.45) is 0. The van der Waals surface area contributed by atoms with Crippen LogP contribution in [-0.4, -0.2) is 18.2 Å². The molecule has 0 saturated heterocycles. The summed E-state index contributed by atoms with van der Waals surface area (Å²) in [4.78, 5) is 12.7. The molecule has 0 aliphatic heterocycles. The molecule has 0 radical (unpaired) electrons. The number of carbonyl (C=O) groups excluding carboxylic acids is 1. The molecule has 26 heavy (non-hydrogen) atoms. The molecule has 1 N–H and O–H groups in total.